The van der Waals surface area contributed by atoms with E-state index < -0.39 is 11.8 Å². The molecule has 7 heteroatoms. The van der Waals surface area contributed by atoms with E-state index in [4.69, 9.17) is 15.5 Å². The quantitative estimate of drug-likeness (QED) is 0.230. The van der Waals surface area contributed by atoms with Gasteiger partial charge in [-0.15, -0.1) is 4.73 Å². The van der Waals surface area contributed by atoms with Crippen molar-refractivity contribution in [3.05, 3.63) is 12.1 Å². The molecule has 0 aliphatic heterocycles. The van der Waals surface area contributed by atoms with Gasteiger partial charge in [0.1, 0.15) is 11.0 Å². The molecular weight excluding hydrogens is 192 g/mol. The molecule has 0 atom stereocenters. The molecule has 74 valence electrons. The minimum Gasteiger partial charge on any atom is -0.504 e. The third-order valence-electron chi connectivity index (χ3n) is 1.78. The van der Waals surface area contributed by atoms with E-state index >= 15 is 0 Å². The van der Waals surface area contributed by atoms with Gasteiger partial charge in [-0.25, -0.2) is 0 Å². The summed E-state index contributed by atoms with van der Waals surface area (Å²) in [5.74, 6) is -0.780. The van der Waals surface area contributed by atoms with Crippen molar-refractivity contribution in [2.24, 2.45) is 0 Å². The van der Waals surface area contributed by atoms with Gasteiger partial charge in [-0.05, 0) is 0 Å². The molecule has 0 radical (unpaired) electrons. The van der Waals surface area contributed by atoms with Crippen LogP contribution in [0.4, 0.5) is 0 Å². The molecular formula is C7H6N2O5. The second-order valence-electron chi connectivity index (χ2n) is 2.63. The van der Waals surface area contributed by atoms with E-state index in [1.54, 1.807) is 0 Å². The summed E-state index contributed by atoms with van der Waals surface area (Å²) in [4.78, 5) is 7.35. The van der Waals surface area contributed by atoms with Crippen molar-refractivity contribution in [2.45, 2.75) is 0 Å². The van der Waals surface area contributed by atoms with Gasteiger partial charge in [0.15, 0.2) is 11.5 Å². The van der Waals surface area contributed by atoms with Crippen LogP contribution in [0.5, 0.6) is 17.5 Å². The average Bonchev–Trinajstić information content (AvgIpc) is 2.45. The monoisotopic (exact) mass is 198 g/mol. The van der Waals surface area contributed by atoms with Crippen molar-refractivity contribution >= 4 is 11.0 Å². The summed E-state index contributed by atoms with van der Waals surface area (Å²) < 4.78 is 0.439. The summed E-state index contributed by atoms with van der Waals surface area (Å²) in [6.07, 6.45) is 0. The highest BCUT2D eigenvalue weighted by Crippen LogP contribution is 2.31. The number of rotatable bonds is 1. The van der Waals surface area contributed by atoms with Crippen molar-refractivity contribution < 1.29 is 25.6 Å². The van der Waals surface area contributed by atoms with Crippen LogP contribution in [-0.4, -0.2) is 30.4 Å². The molecule has 1 heterocycles. The van der Waals surface area contributed by atoms with Crippen LogP contribution in [0.25, 0.3) is 11.0 Å². The Kier molecular flexibility index (Phi) is 1.61. The third-order valence-corrected chi connectivity index (χ3v) is 1.78. The first-order valence-corrected chi connectivity index (χ1v) is 3.58. The highest BCUT2D eigenvalue weighted by atomic mass is 17.1. The lowest BCUT2D eigenvalue weighted by Crippen LogP contribution is -1.95. The fourth-order valence-electron chi connectivity index (χ4n) is 1.13. The molecule has 1 aromatic heterocycles. The number of aromatic hydroxyl groups is 2. The Morgan fingerprint density at radius 2 is 1.86 bits per heavy atom. The Balaban J connectivity index is 2.80. The van der Waals surface area contributed by atoms with Crippen molar-refractivity contribution in [1.82, 2.24) is 9.71 Å². The molecule has 0 unspecified atom stereocenters. The van der Waals surface area contributed by atoms with Crippen LogP contribution >= 0.6 is 0 Å². The van der Waals surface area contributed by atoms with E-state index in [1.807, 2.05) is 0 Å². The highest BCUT2D eigenvalue weighted by molar-refractivity contribution is 5.80. The minimum atomic E-state index is -0.454. The number of fused-ring (bicyclic) bond motifs is 1. The van der Waals surface area contributed by atoms with Gasteiger partial charge in [-0.3, -0.25) is 4.89 Å². The Morgan fingerprint density at radius 1 is 1.21 bits per heavy atom. The molecule has 0 saturated carbocycles. The highest BCUT2D eigenvalue weighted by Gasteiger charge is 2.13. The predicted octanol–water partition coefficient (Wildman–Crippen LogP) is 0.537. The zero-order chi connectivity index (χ0) is 10.3. The lowest BCUT2D eigenvalue weighted by atomic mass is 10.3. The zero-order valence-corrected chi connectivity index (χ0v) is 6.75. The van der Waals surface area contributed by atoms with E-state index in [1.165, 1.54) is 0 Å². The van der Waals surface area contributed by atoms with Crippen LogP contribution in [0.3, 0.4) is 0 Å². The van der Waals surface area contributed by atoms with E-state index in [-0.39, 0.29) is 16.8 Å². The predicted molar refractivity (Wildman–Crippen MR) is 43.5 cm³/mol. The molecule has 0 amide bonds. The van der Waals surface area contributed by atoms with Gasteiger partial charge in [0, 0.05) is 12.1 Å². The Morgan fingerprint density at radius 3 is 2.50 bits per heavy atom. The smallest absolute Gasteiger partial charge is 0.367 e. The van der Waals surface area contributed by atoms with Gasteiger partial charge in [-0.1, -0.05) is 0 Å². The van der Waals surface area contributed by atoms with Gasteiger partial charge in [0.25, 0.3) is 0 Å². The summed E-state index contributed by atoms with van der Waals surface area (Å²) in [6, 6.07) is 1.75. The Hall–Kier alpha value is -2.15. The number of imidazole rings is 1. The maximum atomic E-state index is 9.28. The first-order valence-electron chi connectivity index (χ1n) is 3.58. The van der Waals surface area contributed by atoms with Crippen LogP contribution in [0.1, 0.15) is 0 Å². The van der Waals surface area contributed by atoms with E-state index in [0.717, 1.165) is 12.1 Å². The number of hydrogen-bond acceptors (Lipinski definition) is 6. The third kappa shape index (κ3) is 0.995. The summed E-state index contributed by atoms with van der Waals surface area (Å²) in [6.45, 7) is 0. The fourth-order valence-corrected chi connectivity index (χ4v) is 1.13. The maximum Gasteiger partial charge on any atom is 0.367 e. The van der Waals surface area contributed by atoms with Crippen molar-refractivity contribution in [2.75, 3.05) is 0 Å². The molecule has 0 aliphatic carbocycles. The van der Waals surface area contributed by atoms with Crippen molar-refractivity contribution in [3.63, 3.8) is 0 Å². The number of benzene rings is 1. The molecule has 0 aliphatic rings. The van der Waals surface area contributed by atoms with E-state index in [9.17, 15) is 5.21 Å². The molecule has 2 rings (SSSR count). The number of phenolic OH excluding ortho intramolecular Hbond substituents is 2. The first-order chi connectivity index (χ1) is 6.63. The minimum absolute atomic E-state index is 0.101. The summed E-state index contributed by atoms with van der Waals surface area (Å²) in [5.41, 5.74) is 0.274. The summed E-state index contributed by atoms with van der Waals surface area (Å²) >= 11 is 0. The molecule has 0 bridgehead atoms. The standard InChI is InChI=1S/C7H6N2O5/c10-5-1-3-4(2-6(5)11)9(12)7(8-3)14-13/h1-2,10-13H. The van der Waals surface area contributed by atoms with Crippen LogP contribution in [-0.2, 0) is 0 Å². The van der Waals surface area contributed by atoms with Gasteiger partial charge >= 0.3 is 6.01 Å². The topological polar surface area (TPSA) is 108 Å². The normalized spacial score (nSPS) is 10.6. The Bertz CT molecular complexity index is 492. The second-order valence-corrected chi connectivity index (χ2v) is 2.63. The first kappa shape index (κ1) is 8.45. The van der Waals surface area contributed by atoms with Crippen LogP contribution < -0.4 is 4.89 Å². The Labute approximate surface area is 76.9 Å². The maximum absolute atomic E-state index is 9.28. The molecule has 0 fully saturated rings. The largest absolute Gasteiger partial charge is 0.504 e. The SMILES string of the molecule is OOc1nc2cc(O)c(O)cc2n1O. The van der Waals surface area contributed by atoms with Gasteiger partial charge in [0.2, 0.25) is 0 Å². The van der Waals surface area contributed by atoms with Gasteiger partial charge < -0.3 is 15.4 Å². The molecule has 7 nitrogen and oxygen atoms in total. The van der Waals surface area contributed by atoms with E-state index in [0.29, 0.717) is 4.73 Å². The fraction of sp³-hybridized carbons (Fsp3) is 0. The zero-order valence-electron chi connectivity index (χ0n) is 6.75. The van der Waals surface area contributed by atoms with Gasteiger partial charge in [-0.2, -0.15) is 10.2 Å². The van der Waals surface area contributed by atoms with Crippen LogP contribution in [0, 0.1) is 0 Å². The molecule has 14 heavy (non-hydrogen) atoms. The van der Waals surface area contributed by atoms with Crippen molar-refractivity contribution in [1.29, 1.82) is 0 Å². The average molecular weight is 198 g/mol. The number of phenols is 2. The number of hydrogen-bond donors (Lipinski definition) is 4. The van der Waals surface area contributed by atoms with E-state index in [2.05, 4.69) is 9.87 Å². The molecule has 4 N–H and O–H groups in total. The second kappa shape index (κ2) is 2.67. The molecule has 0 saturated heterocycles. The van der Waals surface area contributed by atoms with Gasteiger partial charge in [0.05, 0.1) is 0 Å². The molecule has 0 spiro atoms. The van der Waals surface area contributed by atoms with Crippen molar-refractivity contribution in [3.8, 4) is 17.5 Å². The summed E-state index contributed by atoms with van der Waals surface area (Å²) in [5, 5.41) is 35.8. The number of nitrogens with zero attached hydrogens (tertiary/aromatic N) is 2. The summed E-state index contributed by atoms with van der Waals surface area (Å²) in [7, 11) is 0. The van der Waals surface area contributed by atoms with Crippen LogP contribution in [0.15, 0.2) is 12.1 Å². The van der Waals surface area contributed by atoms with Crippen LogP contribution in [0.2, 0.25) is 0 Å². The lowest BCUT2D eigenvalue weighted by Gasteiger charge is -1.97. The number of aromatic nitrogens is 2. The molecule has 1 aromatic carbocycles. The molecule has 2 aromatic rings. The lowest BCUT2D eigenvalue weighted by molar-refractivity contribution is -0.155.